The number of anilines is 1. The zero-order valence-corrected chi connectivity index (χ0v) is 19.4. The largest absolute Gasteiger partial charge is 0.380 e. The molecule has 3 aromatic rings. The highest BCUT2D eigenvalue weighted by molar-refractivity contribution is 5.98. The number of carbonyl (C=O) groups is 1. The first-order valence-corrected chi connectivity index (χ1v) is 11.4. The lowest BCUT2D eigenvalue weighted by Gasteiger charge is -2.44. The van der Waals surface area contributed by atoms with Crippen LogP contribution in [0.5, 0.6) is 0 Å². The number of likely N-dealkylation sites (tertiary alicyclic amines) is 1. The monoisotopic (exact) mass is 451 g/mol. The molecule has 0 unspecified atom stereocenters. The number of carbonyl (C=O) groups excluding carboxylic acids is 1. The van der Waals surface area contributed by atoms with Gasteiger partial charge in [-0.15, -0.1) is 0 Å². The lowest BCUT2D eigenvalue weighted by Crippen LogP contribution is -2.54. The zero-order valence-electron chi connectivity index (χ0n) is 19.4. The van der Waals surface area contributed by atoms with E-state index in [4.69, 9.17) is 4.74 Å². The van der Waals surface area contributed by atoms with Gasteiger partial charge in [0.05, 0.1) is 25.1 Å². The van der Waals surface area contributed by atoms with Crippen molar-refractivity contribution in [1.82, 2.24) is 19.4 Å². The van der Waals surface area contributed by atoms with Crippen LogP contribution in [-0.4, -0.2) is 63.9 Å². The van der Waals surface area contributed by atoms with Gasteiger partial charge in [-0.05, 0) is 24.4 Å². The summed E-state index contributed by atoms with van der Waals surface area (Å²) in [6.45, 7) is 7.67. The molecule has 8 heteroatoms. The first kappa shape index (κ1) is 22.0. The van der Waals surface area contributed by atoms with E-state index in [1.807, 2.05) is 42.9 Å². The number of pyridine rings is 1. The molecular formula is C25H30FN5O2. The molecule has 4 heterocycles. The van der Waals surface area contributed by atoms with Crippen molar-refractivity contribution >= 4 is 22.5 Å². The Bertz CT molecular complexity index is 1190. The Morgan fingerprint density at radius 1 is 1.15 bits per heavy atom. The van der Waals surface area contributed by atoms with E-state index in [9.17, 15) is 4.79 Å². The Morgan fingerprint density at radius 3 is 2.55 bits per heavy atom. The number of fused-ring (bicyclic) bond motifs is 1. The van der Waals surface area contributed by atoms with Crippen LogP contribution in [0.2, 0.25) is 0 Å². The fourth-order valence-corrected chi connectivity index (χ4v) is 4.74. The quantitative estimate of drug-likeness (QED) is 0.640. The maximum Gasteiger partial charge on any atom is 0.263 e. The third kappa shape index (κ3) is 4.25. The predicted molar refractivity (Wildman–Crippen MR) is 126 cm³/mol. The Balaban J connectivity index is 1.28. The predicted octanol–water partition coefficient (Wildman–Crippen LogP) is 3.72. The molecule has 0 saturated carbocycles. The van der Waals surface area contributed by atoms with Gasteiger partial charge in [0.2, 0.25) is 0 Å². The summed E-state index contributed by atoms with van der Waals surface area (Å²) in [5.74, 6) is 0.692. The van der Waals surface area contributed by atoms with E-state index >= 15 is 4.39 Å². The smallest absolute Gasteiger partial charge is 0.263 e. The van der Waals surface area contributed by atoms with Gasteiger partial charge in [0.1, 0.15) is 11.6 Å². The van der Waals surface area contributed by atoms with Gasteiger partial charge < -0.3 is 19.5 Å². The number of hydrogen-bond acceptors (Lipinski definition) is 5. The van der Waals surface area contributed by atoms with Crippen LogP contribution in [0.25, 0.3) is 22.0 Å². The van der Waals surface area contributed by atoms with Gasteiger partial charge in [-0.3, -0.25) is 4.79 Å². The van der Waals surface area contributed by atoms with E-state index in [2.05, 4.69) is 27.1 Å². The van der Waals surface area contributed by atoms with Crippen LogP contribution >= 0.6 is 0 Å². The van der Waals surface area contributed by atoms with E-state index in [1.54, 1.807) is 12.3 Å². The second-order valence-electron chi connectivity index (χ2n) is 9.88. The number of benzene rings is 1. The number of aromatic nitrogens is 3. The van der Waals surface area contributed by atoms with E-state index in [1.165, 1.54) is 0 Å². The van der Waals surface area contributed by atoms with Crippen molar-refractivity contribution < 1.29 is 13.9 Å². The first-order valence-electron chi connectivity index (χ1n) is 11.4. The summed E-state index contributed by atoms with van der Waals surface area (Å²) in [5.41, 5.74) is 0.307. The highest BCUT2D eigenvalue weighted by Gasteiger charge is 2.44. The van der Waals surface area contributed by atoms with Gasteiger partial charge in [0.25, 0.3) is 5.91 Å². The number of rotatable bonds is 5. The first-order chi connectivity index (χ1) is 15.7. The van der Waals surface area contributed by atoms with Crippen molar-refractivity contribution in [2.45, 2.75) is 32.4 Å². The Kier molecular flexibility index (Phi) is 5.45. The molecule has 1 amide bonds. The second kappa shape index (κ2) is 8.18. The van der Waals surface area contributed by atoms with E-state index in [-0.39, 0.29) is 18.3 Å². The molecule has 2 aromatic heterocycles. The zero-order chi connectivity index (χ0) is 23.2. The number of hydrogen-bond donors (Lipinski definition) is 1. The minimum atomic E-state index is -1.88. The second-order valence-corrected chi connectivity index (χ2v) is 9.88. The number of nitrogens with zero attached hydrogens (tertiary/aromatic N) is 4. The van der Waals surface area contributed by atoms with Crippen molar-refractivity contribution in [1.29, 1.82) is 0 Å². The average Bonchev–Trinajstić information content (AvgIpc) is 3.12. The van der Waals surface area contributed by atoms with Gasteiger partial charge in [0.15, 0.2) is 5.67 Å². The third-order valence-corrected chi connectivity index (χ3v) is 7.04. The summed E-state index contributed by atoms with van der Waals surface area (Å²) in [4.78, 5) is 23.8. The van der Waals surface area contributed by atoms with E-state index in [0.29, 0.717) is 18.9 Å². The van der Waals surface area contributed by atoms with Crippen LogP contribution in [0.15, 0.2) is 36.7 Å². The third-order valence-electron chi connectivity index (χ3n) is 7.04. The van der Waals surface area contributed by atoms with Crippen LogP contribution in [-0.2, 0) is 16.6 Å². The maximum absolute atomic E-state index is 15.5. The minimum Gasteiger partial charge on any atom is -0.380 e. The number of amides is 1. The summed E-state index contributed by atoms with van der Waals surface area (Å²) >= 11 is 0. The molecule has 2 aliphatic heterocycles. The van der Waals surface area contributed by atoms with Gasteiger partial charge in [0, 0.05) is 62.1 Å². The summed E-state index contributed by atoms with van der Waals surface area (Å²) < 4.78 is 22.8. The van der Waals surface area contributed by atoms with E-state index < -0.39 is 11.6 Å². The Hall–Kier alpha value is -2.84. The van der Waals surface area contributed by atoms with Gasteiger partial charge >= 0.3 is 0 Å². The number of halogens is 1. The molecule has 33 heavy (non-hydrogen) atoms. The standard InChI is InChI=1S/C25H30FN5O2/c1-17-27-13-21(30(17)3)18-4-5-19-12-28-22(11-20(19)10-18)29-23(32)25(26)6-8-31(9-7-25)14-24(2)15-33-16-24/h4-5,10-13H,6-9,14-16H2,1-3H3,(H,28,29,32). The van der Waals surface area contributed by atoms with Crippen molar-refractivity contribution in [3.63, 3.8) is 0 Å². The average molecular weight is 452 g/mol. The Labute approximate surface area is 193 Å². The number of alkyl halides is 1. The molecule has 7 nitrogen and oxygen atoms in total. The highest BCUT2D eigenvalue weighted by Crippen LogP contribution is 2.33. The summed E-state index contributed by atoms with van der Waals surface area (Å²) in [6.07, 6.45) is 3.93. The normalized spacial score (nSPS) is 19.9. The summed E-state index contributed by atoms with van der Waals surface area (Å²) in [5, 5.41) is 4.60. The van der Waals surface area contributed by atoms with Crippen molar-refractivity contribution in [3.8, 4) is 11.3 Å². The van der Waals surface area contributed by atoms with Gasteiger partial charge in [-0.1, -0.05) is 19.1 Å². The van der Waals surface area contributed by atoms with Crippen molar-refractivity contribution in [2.24, 2.45) is 12.5 Å². The maximum atomic E-state index is 15.5. The van der Waals surface area contributed by atoms with Crippen LogP contribution in [0, 0.1) is 12.3 Å². The molecule has 174 valence electrons. The fraction of sp³-hybridized carbons (Fsp3) is 0.480. The van der Waals surface area contributed by atoms with Gasteiger partial charge in [-0.2, -0.15) is 0 Å². The number of aryl methyl sites for hydroxylation is 1. The molecule has 0 bridgehead atoms. The van der Waals surface area contributed by atoms with Gasteiger partial charge in [-0.25, -0.2) is 14.4 Å². The highest BCUT2D eigenvalue weighted by atomic mass is 19.1. The lowest BCUT2D eigenvalue weighted by molar-refractivity contribution is -0.135. The number of nitrogens with one attached hydrogen (secondary N) is 1. The number of imidazole rings is 1. The topological polar surface area (TPSA) is 72.3 Å². The van der Waals surface area contributed by atoms with E-state index in [0.717, 1.165) is 47.6 Å². The molecule has 0 spiro atoms. The molecule has 1 N–H and O–H groups in total. The molecule has 5 rings (SSSR count). The van der Waals surface area contributed by atoms with Crippen molar-refractivity contribution in [2.75, 3.05) is 38.2 Å². The lowest BCUT2D eigenvalue weighted by atomic mass is 9.85. The fourth-order valence-electron chi connectivity index (χ4n) is 4.74. The van der Waals surface area contributed by atoms with Crippen molar-refractivity contribution in [3.05, 3.63) is 42.5 Å². The summed E-state index contributed by atoms with van der Waals surface area (Å²) in [7, 11) is 1.98. The number of piperidine rings is 1. The van der Waals surface area contributed by atoms with Crippen LogP contribution < -0.4 is 5.32 Å². The van der Waals surface area contributed by atoms with Crippen LogP contribution in [0.3, 0.4) is 0 Å². The van der Waals surface area contributed by atoms with Crippen LogP contribution in [0.1, 0.15) is 25.6 Å². The SMILES string of the molecule is Cc1ncc(-c2ccc3cnc(NC(=O)C4(F)CCN(CC5(C)COC5)CC4)cc3c2)n1C. The molecule has 0 radical (unpaired) electrons. The Morgan fingerprint density at radius 2 is 1.91 bits per heavy atom. The number of ether oxygens (including phenoxy) is 1. The van der Waals surface area contributed by atoms with Crippen LogP contribution in [0.4, 0.5) is 10.2 Å². The molecule has 0 aliphatic carbocycles. The minimum absolute atomic E-state index is 0.153. The molecule has 2 fully saturated rings. The molecule has 1 aromatic carbocycles. The molecular weight excluding hydrogens is 421 g/mol. The molecule has 0 atom stereocenters. The molecule has 2 saturated heterocycles. The molecule has 2 aliphatic rings. The summed E-state index contributed by atoms with van der Waals surface area (Å²) in [6, 6.07) is 7.86.